The number of hydrogen-bond donors (Lipinski definition) is 0. The van der Waals surface area contributed by atoms with E-state index < -0.39 is 0 Å². The van der Waals surface area contributed by atoms with Gasteiger partial charge in [0, 0.05) is 36.5 Å². The summed E-state index contributed by atoms with van der Waals surface area (Å²) in [6, 6.07) is 53.8. The topological polar surface area (TPSA) is 6.48 Å². The molecule has 2 heteroatoms. The molecule has 0 radical (unpaired) electrons. The second kappa shape index (κ2) is 11.1. The molecule has 8 rings (SSSR count). The van der Waals surface area contributed by atoms with Crippen LogP contribution in [0.5, 0.6) is 0 Å². The highest BCUT2D eigenvalue weighted by molar-refractivity contribution is 6.28. The SMILES string of the molecule is Cc1ccc(N(c2ccc(C)cc2)c2ccc3ccc4c(N(c5ccc(C)cc5)c5ccc(C)cc5)ccc5ccc2c3c54)cc1.[2H][2H]. The summed E-state index contributed by atoms with van der Waals surface area (Å²) in [5, 5.41) is 7.58. The molecular formula is C44H38N2. The highest BCUT2D eigenvalue weighted by Crippen LogP contribution is 2.47. The summed E-state index contributed by atoms with van der Waals surface area (Å²) in [6.07, 6.45) is 0. The van der Waals surface area contributed by atoms with Gasteiger partial charge in [0.2, 0.25) is 0 Å². The van der Waals surface area contributed by atoms with Crippen LogP contribution in [0.4, 0.5) is 34.1 Å². The number of hydrogen-bond acceptors (Lipinski definition) is 2. The van der Waals surface area contributed by atoms with Crippen molar-refractivity contribution in [3.63, 3.8) is 0 Å². The molecule has 2 nitrogen and oxygen atoms in total. The van der Waals surface area contributed by atoms with Crippen molar-refractivity contribution >= 4 is 66.4 Å². The number of aryl methyl sites for hydroxylation is 4. The monoisotopic (exact) mass is 596 g/mol. The molecule has 0 saturated heterocycles. The number of anilines is 6. The summed E-state index contributed by atoms with van der Waals surface area (Å²) in [6.45, 7) is 8.57. The molecule has 0 spiro atoms. The second-order valence-electron chi connectivity index (χ2n) is 12.6. The molecule has 0 amide bonds. The first-order chi connectivity index (χ1) is 23.4. The molecule has 0 aliphatic carbocycles. The third-order valence-electron chi connectivity index (χ3n) is 9.27. The Labute approximate surface area is 274 Å². The molecule has 8 aromatic rings. The molecular weight excluding hydrogens is 556 g/mol. The van der Waals surface area contributed by atoms with Crippen LogP contribution in [0.15, 0.2) is 146 Å². The van der Waals surface area contributed by atoms with E-state index in [2.05, 4.69) is 183 Å². The number of rotatable bonds is 6. The predicted molar refractivity (Wildman–Crippen MR) is 201 cm³/mol. The van der Waals surface area contributed by atoms with Gasteiger partial charge in [-0.2, -0.15) is 0 Å². The maximum absolute atomic E-state index is 5.00. The molecule has 0 aliphatic rings. The zero-order chi connectivity index (χ0) is 33.4. The molecule has 46 heavy (non-hydrogen) atoms. The van der Waals surface area contributed by atoms with Gasteiger partial charge in [-0.1, -0.05) is 107 Å². The van der Waals surface area contributed by atoms with Crippen molar-refractivity contribution in [2.75, 3.05) is 9.80 Å². The zero-order valence-corrected chi connectivity index (χ0v) is 26.8. The second-order valence-corrected chi connectivity index (χ2v) is 12.6. The van der Waals surface area contributed by atoms with Crippen LogP contribution in [-0.2, 0) is 0 Å². The lowest BCUT2D eigenvalue weighted by molar-refractivity contribution is 1.28. The normalized spacial score (nSPS) is 11.7. The third kappa shape index (κ3) is 4.74. The Morgan fingerprint density at radius 3 is 0.870 bits per heavy atom. The lowest BCUT2D eigenvalue weighted by Crippen LogP contribution is -2.11. The summed E-state index contributed by atoms with van der Waals surface area (Å²) in [4.78, 5) is 4.80. The predicted octanol–water partition coefficient (Wildman–Crippen LogP) is 13.0. The van der Waals surface area contributed by atoms with E-state index in [1.165, 1.54) is 65.9 Å². The minimum atomic E-state index is 1.15. The number of nitrogens with zero attached hydrogens (tertiary/aromatic N) is 2. The lowest BCUT2D eigenvalue weighted by atomic mass is 9.91. The smallest absolute Gasteiger partial charge is 0.0540 e. The van der Waals surface area contributed by atoms with Gasteiger partial charge in [-0.25, -0.2) is 0 Å². The first-order valence-electron chi connectivity index (χ1n) is 17.0. The molecule has 0 N–H and O–H groups in total. The maximum Gasteiger partial charge on any atom is 0.0540 e. The highest BCUT2D eigenvalue weighted by atomic mass is 15.1. The van der Waals surface area contributed by atoms with Gasteiger partial charge in [0.05, 0.1) is 11.4 Å². The Morgan fingerprint density at radius 2 is 0.587 bits per heavy atom. The standard InChI is InChI=1S/C44H36N2.H2/c1-29-5-17-35(18-6-29)45(36-19-7-30(2)8-20-36)41-27-15-33-14-26-40-42(28-16-34-13-25-39(41)43(33)44(34)40)46(37-21-9-31(3)10-22-37)38-23-11-32(4)12-24-38;/h5-28H,1-4H3;1H/i;1+1D. The molecule has 8 aromatic carbocycles. The Bertz CT molecular complexity index is 2070. The van der Waals surface area contributed by atoms with Gasteiger partial charge in [-0.05, 0) is 110 Å². The Balaban J connectivity index is 0.00000179. The van der Waals surface area contributed by atoms with Gasteiger partial charge >= 0.3 is 0 Å². The van der Waals surface area contributed by atoms with Crippen molar-refractivity contribution in [1.82, 2.24) is 0 Å². The molecule has 0 aromatic heterocycles. The van der Waals surface area contributed by atoms with Crippen LogP contribution >= 0.6 is 0 Å². The van der Waals surface area contributed by atoms with Gasteiger partial charge in [-0.3, -0.25) is 0 Å². The Kier molecular flexibility index (Phi) is 6.45. The van der Waals surface area contributed by atoms with E-state index in [1.54, 1.807) is 0 Å². The zero-order valence-electron chi connectivity index (χ0n) is 28.8. The largest absolute Gasteiger partial charge is 0.310 e. The van der Waals surface area contributed by atoms with E-state index in [1.807, 2.05) is 0 Å². The fourth-order valence-electron chi connectivity index (χ4n) is 6.79. The number of benzene rings is 8. The van der Waals surface area contributed by atoms with Crippen LogP contribution in [0.25, 0.3) is 32.3 Å². The van der Waals surface area contributed by atoms with Crippen LogP contribution in [0, 0.1) is 27.7 Å². The molecule has 0 atom stereocenters. The van der Waals surface area contributed by atoms with E-state index in [0.717, 1.165) is 22.7 Å². The highest BCUT2D eigenvalue weighted by Gasteiger charge is 2.21. The Morgan fingerprint density at radius 1 is 0.326 bits per heavy atom. The quantitative estimate of drug-likeness (QED) is 0.176. The summed E-state index contributed by atoms with van der Waals surface area (Å²) in [7, 11) is 0. The minimum absolute atomic E-state index is 1.15. The van der Waals surface area contributed by atoms with Crippen LogP contribution < -0.4 is 9.80 Å². The van der Waals surface area contributed by atoms with Gasteiger partial charge in [-0.15, -0.1) is 0 Å². The third-order valence-corrected chi connectivity index (χ3v) is 9.27. The van der Waals surface area contributed by atoms with Gasteiger partial charge in [0.1, 0.15) is 0 Å². The van der Waals surface area contributed by atoms with Crippen molar-refractivity contribution in [3.05, 3.63) is 168 Å². The van der Waals surface area contributed by atoms with Crippen LogP contribution in [0.3, 0.4) is 0 Å². The van der Waals surface area contributed by atoms with Gasteiger partial charge < -0.3 is 9.80 Å². The molecule has 0 bridgehead atoms. The van der Waals surface area contributed by atoms with Crippen molar-refractivity contribution < 1.29 is 2.97 Å². The van der Waals surface area contributed by atoms with Crippen LogP contribution in [0.1, 0.15) is 25.2 Å². The molecule has 0 aliphatic heterocycles. The molecule has 0 unspecified atom stereocenters. The van der Waals surface area contributed by atoms with E-state index >= 15 is 0 Å². The molecule has 224 valence electrons. The molecule has 0 heterocycles. The fourth-order valence-corrected chi connectivity index (χ4v) is 6.79. The molecule has 0 fully saturated rings. The van der Waals surface area contributed by atoms with E-state index in [-0.39, 0.29) is 0 Å². The van der Waals surface area contributed by atoms with Crippen molar-refractivity contribution in [2.24, 2.45) is 0 Å². The van der Waals surface area contributed by atoms with Gasteiger partial charge in [0.25, 0.3) is 0 Å². The minimum Gasteiger partial charge on any atom is -0.310 e. The van der Waals surface area contributed by atoms with E-state index in [4.69, 9.17) is 2.97 Å². The summed E-state index contributed by atoms with van der Waals surface area (Å²) >= 11 is 0. The van der Waals surface area contributed by atoms with Crippen molar-refractivity contribution in [2.45, 2.75) is 27.7 Å². The average Bonchev–Trinajstić information content (AvgIpc) is 3.12. The van der Waals surface area contributed by atoms with Crippen LogP contribution in [0.2, 0.25) is 0 Å². The summed E-state index contributed by atoms with van der Waals surface area (Å²) in [5.41, 5.74) is 12.0. The Hall–Kier alpha value is -5.60. The van der Waals surface area contributed by atoms with E-state index in [9.17, 15) is 0 Å². The lowest BCUT2D eigenvalue weighted by Gasteiger charge is -2.29. The summed E-state index contributed by atoms with van der Waals surface area (Å²) < 4.78 is 10.0. The maximum atomic E-state index is 5.00. The first kappa shape index (κ1) is 26.8. The van der Waals surface area contributed by atoms with Gasteiger partial charge in [0.15, 0.2) is 0 Å². The van der Waals surface area contributed by atoms with Crippen molar-refractivity contribution in [1.29, 1.82) is 0 Å². The first-order valence-corrected chi connectivity index (χ1v) is 16.0. The molecule has 0 saturated carbocycles. The van der Waals surface area contributed by atoms with E-state index in [0.29, 0.717) is 0 Å². The average molecular weight is 597 g/mol. The fraction of sp³-hybridized carbons (Fsp3) is 0.0909. The van der Waals surface area contributed by atoms with Crippen LogP contribution in [-0.4, -0.2) is 0 Å². The van der Waals surface area contributed by atoms with Crippen molar-refractivity contribution in [3.8, 4) is 0 Å². The summed E-state index contributed by atoms with van der Waals surface area (Å²) in [5.74, 6) is 0.